The molecule has 0 saturated heterocycles. The summed E-state index contributed by atoms with van der Waals surface area (Å²) in [5.41, 5.74) is 3.10. The average molecular weight is 303 g/mol. The molecule has 0 bridgehead atoms. The van der Waals surface area contributed by atoms with Crippen LogP contribution < -0.4 is 5.32 Å². The number of fused-ring (bicyclic) bond motifs is 1. The second-order valence-corrected chi connectivity index (χ2v) is 6.63. The van der Waals surface area contributed by atoms with Gasteiger partial charge in [-0.05, 0) is 37.0 Å². The Morgan fingerprint density at radius 3 is 2.90 bits per heavy atom. The predicted octanol–water partition coefficient (Wildman–Crippen LogP) is 3.12. The van der Waals surface area contributed by atoms with Crippen LogP contribution in [0.1, 0.15) is 18.9 Å². The van der Waals surface area contributed by atoms with Crippen molar-refractivity contribution in [2.24, 2.45) is 11.8 Å². The summed E-state index contributed by atoms with van der Waals surface area (Å²) < 4.78 is 4.79. The van der Waals surface area contributed by atoms with E-state index in [0.717, 1.165) is 21.8 Å². The Kier molecular flexibility index (Phi) is 3.53. The fraction of sp³-hybridized carbons (Fsp3) is 0.375. The summed E-state index contributed by atoms with van der Waals surface area (Å²) in [6.45, 7) is 3.94. The topological polar surface area (TPSA) is 55.4 Å². The molecule has 0 saturated carbocycles. The van der Waals surface area contributed by atoms with Crippen molar-refractivity contribution < 1.29 is 14.3 Å². The molecule has 1 aliphatic heterocycles. The maximum atomic E-state index is 12.6. The molecule has 0 fully saturated rings. The number of hydrogen-bond acceptors (Lipinski definition) is 5. The van der Waals surface area contributed by atoms with Crippen LogP contribution in [0.3, 0.4) is 0 Å². The number of ether oxygens (including phenoxy) is 1. The van der Waals surface area contributed by atoms with Crippen molar-refractivity contribution >= 4 is 29.2 Å². The van der Waals surface area contributed by atoms with E-state index >= 15 is 0 Å². The quantitative estimate of drug-likeness (QED) is 0.638. The maximum Gasteiger partial charge on any atom is 0.316 e. The lowest BCUT2D eigenvalue weighted by Gasteiger charge is -2.33. The zero-order chi connectivity index (χ0) is 15.1. The lowest BCUT2D eigenvalue weighted by atomic mass is 9.81. The van der Waals surface area contributed by atoms with Crippen molar-refractivity contribution in [1.29, 1.82) is 0 Å². The molecule has 1 aromatic rings. The summed E-state index contributed by atoms with van der Waals surface area (Å²) in [7, 11) is 1.33. The van der Waals surface area contributed by atoms with Crippen LogP contribution in [-0.2, 0) is 14.3 Å². The maximum absolute atomic E-state index is 12.6. The molecule has 2 aliphatic rings. The van der Waals surface area contributed by atoms with Gasteiger partial charge in [-0.2, -0.15) is 0 Å². The predicted molar refractivity (Wildman–Crippen MR) is 82.0 cm³/mol. The summed E-state index contributed by atoms with van der Waals surface area (Å²) in [5, 5.41) is 3.35. The lowest BCUT2D eigenvalue weighted by Crippen LogP contribution is -2.37. The Balaban J connectivity index is 1.97. The van der Waals surface area contributed by atoms with Crippen LogP contribution in [0.2, 0.25) is 0 Å². The Morgan fingerprint density at radius 1 is 1.43 bits per heavy atom. The van der Waals surface area contributed by atoms with Gasteiger partial charge in [0.05, 0.1) is 17.7 Å². The number of hydrogen-bond donors (Lipinski definition) is 1. The van der Waals surface area contributed by atoms with E-state index < -0.39 is 11.9 Å². The Morgan fingerprint density at radius 2 is 2.19 bits per heavy atom. The Labute approximate surface area is 127 Å². The summed E-state index contributed by atoms with van der Waals surface area (Å²) in [6.07, 6.45) is 0.682. The van der Waals surface area contributed by atoms with Gasteiger partial charge in [0.2, 0.25) is 0 Å². The molecular weight excluding hydrogens is 286 g/mol. The van der Waals surface area contributed by atoms with Crippen molar-refractivity contribution in [3.63, 3.8) is 0 Å². The molecule has 0 amide bonds. The second kappa shape index (κ2) is 5.22. The monoisotopic (exact) mass is 303 g/mol. The normalized spacial score (nSPS) is 24.0. The molecule has 3 rings (SSSR count). The van der Waals surface area contributed by atoms with Crippen LogP contribution in [0, 0.1) is 18.8 Å². The molecule has 4 nitrogen and oxygen atoms in total. The van der Waals surface area contributed by atoms with Crippen LogP contribution in [0.4, 0.5) is 5.69 Å². The van der Waals surface area contributed by atoms with E-state index in [1.54, 1.807) is 0 Å². The molecule has 1 heterocycles. The molecule has 0 aromatic heterocycles. The first-order chi connectivity index (χ1) is 10.0. The molecule has 1 aromatic carbocycles. The van der Waals surface area contributed by atoms with Crippen LogP contribution in [0.15, 0.2) is 33.7 Å². The molecule has 1 N–H and O–H groups in total. The first kappa shape index (κ1) is 14.2. The van der Waals surface area contributed by atoms with Gasteiger partial charge in [0.15, 0.2) is 5.78 Å². The highest BCUT2D eigenvalue weighted by Crippen LogP contribution is 2.46. The number of carbonyl (C=O) groups excluding carboxylic acids is 2. The number of nitrogens with one attached hydrogen (secondary N) is 1. The Hall–Kier alpha value is -1.75. The molecule has 0 spiro atoms. The largest absolute Gasteiger partial charge is 0.468 e. The molecular formula is C16H17NO3S. The molecule has 2 unspecified atom stereocenters. The molecule has 21 heavy (non-hydrogen) atoms. The minimum Gasteiger partial charge on any atom is -0.468 e. The van der Waals surface area contributed by atoms with E-state index in [1.807, 2.05) is 26.0 Å². The number of benzene rings is 1. The van der Waals surface area contributed by atoms with Gasteiger partial charge in [0, 0.05) is 10.6 Å². The van der Waals surface area contributed by atoms with E-state index in [2.05, 4.69) is 11.4 Å². The van der Waals surface area contributed by atoms with Crippen molar-refractivity contribution in [3.05, 3.63) is 34.4 Å². The number of ketones is 1. The molecule has 5 heteroatoms. The molecule has 0 radical (unpaired) electrons. The molecule has 110 valence electrons. The number of Topliss-reactive ketones (excluding diaryl/α,β-unsaturated/α-hetero) is 1. The summed E-state index contributed by atoms with van der Waals surface area (Å²) in [4.78, 5) is 26.2. The van der Waals surface area contributed by atoms with E-state index in [0.29, 0.717) is 11.3 Å². The van der Waals surface area contributed by atoms with Gasteiger partial charge >= 0.3 is 5.97 Å². The molecule has 1 aliphatic carbocycles. The van der Waals surface area contributed by atoms with Crippen molar-refractivity contribution in [2.75, 3.05) is 12.4 Å². The van der Waals surface area contributed by atoms with Gasteiger partial charge in [-0.25, -0.2) is 0 Å². The van der Waals surface area contributed by atoms with Gasteiger partial charge in [0.25, 0.3) is 0 Å². The van der Waals surface area contributed by atoms with Crippen molar-refractivity contribution in [1.82, 2.24) is 0 Å². The zero-order valence-electron chi connectivity index (χ0n) is 12.2. The first-order valence-electron chi connectivity index (χ1n) is 6.92. The van der Waals surface area contributed by atoms with Crippen LogP contribution >= 0.6 is 11.8 Å². The standard InChI is InChI=1S/C16H17NO3S/c1-8-4-5-10-12(6-8)21-15-11(17-10)7-9(2)13(14(15)18)16(19)20-3/h4-6,9,13,17H,7H2,1-3H3. The zero-order valence-corrected chi connectivity index (χ0v) is 13.0. The number of thioether (sulfide) groups is 1. The third-order valence-electron chi connectivity index (χ3n) is 3.97. The van der Waals surface area contributed by atoms with Crippen LogP contribution in [0.25, 0.3) is 0 Å². The highest BCUT2D eigenvalue weighted by atomic mass is 32.2. The fourth-order valence-corrected chi connectivity index (χ4v) is 4.04. The number of anilines is 1. The highest BCUT2D eigenvalue weighted by molar-refractivity contribution is 8.04. The average Bonchev–Trinajstić information content (AvgIpc) is 2.45. The van der Waals surface area contributed by atoms with E-state index in [1.165, 1.54) is 18.9 Å². The van der Waals surface area contributed by atoms with Crippen LogP contribution in [-0.4, -0.2) is 18.9 Å². The number of aryl methyl sites for hydroxylation is 1. The number of allylic oxidation sites excluding steroid dienone is 2. The van der Waals surface area contributed by atoms with Crippen molar-refractivity contribution in [3.8, 4) is 0 Å². The smallest absolute Gasteiger partial charge is 0.316 e. The summed E-state index contributed by atoms with van der Waals surface area (Å²) >= 11 is 1.46. The van der Waals surface area contributed by atoms with Gasteiger partial charge in [0.1, 0.15) is 5.92 Å². The van der Waals surface area contributed by atoms with Gasteiger partial charge in [-0.15, -0.1) is 0 Å². The van der Waals surface area contributed by atoms with E-state index in [4.69, 9.17) is 4.74 Å². The Bertz CT molecular complexity index is 665. The fourth-order valence-electron chi connectivity index (χ4n) is 2.86. The third-order valence-corrected chi connectivity index (χ3v) is 5.17. The SMILES string of the molecule is COC(=O)C1C(=O)C2=C(CC1C)Nc1ccc(C)cc1S2. The summed E-state index contributed by atoms with van der Waals surface area (Å²) in [5.74, 6) is -1.30. The number of methoxy groups -OCH3 is 1. The summed E-state index contributed by atoms with van der Waals surface area (Å²) in [6, 6.07) is 6.13. The minimum absolute atomic E-state index is 0.0520. The number of esters is 1. The van der Waals surface area contributed by atoms with E-state index in [-0.39, 0.29) is 11.7 Å². The van der Waals surface area contributed by atoms with E-state index in [9.17, 15) is 9.59 Å². The van der Waals surface area contributed by atoms with Gasteiger partial charge < -0.3 is 10.1 Å². The minimum atomic E-state index is -0.686. The lowest BCUT2D eigenvalue weighted by molar-refractivity contribution is -0.150. The number of carbonyl (C=O) groups is 2. The number of rotatable bonds is 1. The van der Waals surface area contributed by atoms with Crippen LogP contribution in [0.5, 0.6) is 0 Å². The second-order valence-electron chi connectivity index (χ2n) is 5.58. The highest BCUT2D eigenvalue weighted by Gasteiger charge is 2.42. The molecule has 2 atom stereocenters. The van der Waals surface area contributed by atoms with Crippen molar-refractivity contribution in [2.45, 2.75) is 25.2 Å². The third kappa shape index (κ3) is 2.35. The van der Waals surface area contributed by atoms with Gasteiger partial charge in [-0.3, -0.25) is 9.59 Å². The van der Waals surface area contributed by atoms with Gasteiger partial charge in [-0.1, -0.05) is 24.8 Å². The first-order valence-corrected chi connectivity index (χ1v) is 7.73.